The fraction of sp³-hybridized carbons (Fsp3) is 0.107. The molecule has 2 heterocycles. The largest absolute Gasteiger partial charge is 0.433 e. The van der Waals surface area contributed by atoms with Crippen LogP contribution >= 0.6 is 27.3 Å². The smallest absolute Gasteiger partial charge is 0.400 e. The molecule has 0 aliphatic heterocycles. The number of benzene rings is 3. The topological polar surface area (TPSA) is 139 Å². The van der Waals surface area contributed by atoms with Gasteiger partial charge in [0.1, 0.15) is 4.92 Å². The van der Waals surface area contributed by atoms with Crippen LogP contribution in [-0.4, -0.2) is 41.3 Å². The van der Waals surface area contributed by atoms with E-state index in [0.29, 0.717) is 5.52 Å². The van der Waals surface area contributed by atoms with Gasteiger partial charge in [-0.1, -0.05) is 64.5 Å². The first-order valence-corrected chi connectivity index (χ1v) is 15.5. The highest BCUT2D eigenvalue weighted by atomic mass is 79.9. The molecule has 5 rings (SSSR count). The Morgan fingerprint density at radius 1 is 1.10 bits per heavy atom. The number of hydrazone groups is 1. The summed E-state index contributed by atoms with van der Waals surface area (Å²) in [6.45, 7) is 2.24. The monoisotopic (exact) mass is 667 g/mol. The molecule has 0 aliphatic carbocycles. The molecule has 0 bridgehead atoms. The minimum atomic E-state index is -3.84. The second-order valence-corrected chi connectivity index (χ2v) is 12.7. The van der Waals surface area contributed by atoms with Gasteiger partial charge in [-0.2, -0.15) is 14.4 Å². The lowest BCUT2D eigenvalue weighted by molar-refractivity contribution is -0.402. The average molecular weight is 669 g/mol. The van der Waals surface area contributed by atoms with E-state index in [-0.39, 0.29) is 34.4 Å². The number of nitro groups is 1. The summed E-state index contributed by atoms with van der Waals surface area (Å²) in [5.74, 6) is -1.00. The van der Waals surface area contributed by atoms with E-state index in [0.717, 1.165) is 19.7 Å². The number of hydrogen-bond donors (Lipinski definition) is 0. The Balaban J connectivity index is 1.45. The van der Waals surface area contributed by atoms with Crippen LogP contribution in [0.1, 0.15) is 28.6 Å². The summed E-state index contributed by atoms with van der Waals surface area (Å²) in [5.41, 5.74) is 1.65. The molecule has 2 aromatic heterocycles. The molecule has 5 aromatic rings. The van der Waals surface area contributed by atoms with Crippen LogP contribution in [0, 0.1) is 10.1 Å². The van der Waals surface area contributed by atoms with Crippen molar-refractivity contribution in [3.63, 3.8) is 0 Å². The summed E-state index contributed by atoms with van der Waals surface area (Å²) in [7, 11) is -3.84. The zero-order chi connectivity index (χ0) is 29.9. The number of carbonyl (C=O) groups is 1. The zero-order valence-electron chi connectivity index (χ0n) is 22.0. The lowest BCUT2D eigenvalue weighted by Crippen LogP contribution is -2.30. The number of amides is 1. The normalized spacial score (nSPS) is 11.9. The van der Waals surface area contributed by atoms with Crippen molar-refractivity contribution >= 4 is 70.6 Å². The molecule has 0 saturated carbocycles. The van der Waals surface area contributed by atoms with Crippen LogP contribution < -0.4 is 5.01 Å². The number of furan rings is 1. The third-order valence-corrected chi connectivity index (χ3v) is 9.52. The fourth-order valence-corrected chi connectivity index (χ4v) is 6.90. The number of carbonyl (C=O) groups excluding carboxylic acids is 1. The van der Waals surface area contributed by atoms with Crippen molar-refractivity contribution in [3.8, 4) is 0 Å². The molecule has 3 aromatic carbocycles. The van der Waals surface area contributed by atoms with E-state index in [4.69, 9.17) is 4.42 Å². The van der Waals surface area contributed by atoms with Crippen LogP contribution in [0.5, 0.6) is 0 Å². The number of halogens is 1. The van der Waals surface area contributed by atoms with Crippen LogP contribution in [0.3, 0.4) is 0 Å². The van der Waals surface area contributed by atoms with Crippen LogP contribution in [0.4, 0.5) is 11.0 Å². The minimum absolute atomic E-state index is 0.0413. The number of hydrogen-bond acceptors (Lipinski definition) is 9. The fourth-order valence-electron chi connectivity index (χ4n) is 3.98. The van der Waals surface area contributed by atoms with Crippen molar-refractivity contribution in [2.75, 3.05) is 11.6 Å². The van der Waals surface area contributed by atoms with E-state index < -0.39 is 26.7 Å². The summed E-state index contributed by atoms with van der Waals surface area (Å²) in [4.78, 5) is 28.6. The van der Waals surface area contributed by atoms with Gasteiger partial charge in [0.25, 0.3) is 5.91 Å². The number of nitrogens with zero attached hydrogens (tertiary/aromatic N) is 5. The summed E-state index contributed by atoms with van der Waals surface area (Å²) < 4.78 is 34.9. The highest BCUT2D eigenvalue weighted by Crippen LogP contribution is 2.32. The molecule has 0 aliphatic rings. The molecule has 14 heteroatoms. The Morgan fingerprint density at radius 2 is 1.83 bits per heavy atom. The highest BCUT2D eigenvalue weighted by molar-refractivity contribution is 9.10. The van der Waals surface area contributed by atoms with E-state index in [9.17, 15) is 23.3 Å². The molecule has 1 amide bonds. The second-order valence-electron chi connectivity index (χ2n) is 8.84. The first-order chi connectivity index (χ1) is 20.2. The third kappa shape index (κ3) is 6.31. The Kier molecular flexibility index (Phi) is 8.59. The molecular formula is C28H22BrN5O6S2. The first kappa shape index (κ1) is 29.3. The molecular weight excluding hydrogens is 646 g/mol. The number of aromatic nitrogens is 1. The van der Waals surface area contributed by atoms with E-state index >= 15 is 0 Å². The van der Waals surface area contributed by atoms with Crippen molar-refractivity contribution in [1.82, 2.24) is 9.29 Å². The molecule has 42 heavy (non-hydrogen) atoms. The Hall–Kier alpha value is -4.24. The molecule has 0 spiro atoms. The maximum Gasteiger partial charge on any atom is 0.433 e. The van der Waals surface area contributed by atoms with Gasteiger partial charge in [-0.05, 0) is 54.1 Å². The lowest BCUT2D eigenvalue weighted by Gasteiger charge is -2.21. The minimum Gasteiger partial charge on any atom is -0.400 e. The number of thiazole rings is 1. The Morgan fingerprint density at radius 3 is 2.50 bits per heavy atom. The van der Waals surface area contributed by atoms with Gasteiger partial charge in [-0.3, -0.25) is 14.9 Å². The molecule has 11 nitrogen and oxygen atoms in total. The van der Waals surface area contributed by atoms with E-state index in [1.807, 2.05) is 42.5 Å². The second kappa shape index (κ2) is 12.3. The molecule has 0 atom stereocenters. The SMILES string of the molecule is CCN(Cc1ccccc1)S(=O)(=O)c1ccc(C(=O)N(/N=C/c2ccc([N+](=O)[O-])o2)c2nc3ccc(Br)cc3s2)cc1. The van der Waals surface area contributed by atoms with Gasteiger partial charge < -0.3 is 4.42 Å². The van der Waals surface area contributed by atoms with Crippen LogP contribution in [0.15, 0.2) is 104 Å². The molecule has 0 radical (unpaired) electrons. The van der Waals surface area contributed by atoms with E-state index in [1.54, 1.807) is 13.0 Å². The Labute approximate surface area is 253 Å². The van der Waals surface area contributed by atoms with Crippen LogP contribution in [-0.2, 0) is 16.6 Å². The summed E-state index contributed by atoms with van der Waals surface area (Å²) >= 11 is 4.64. The van der Waals surface area contributed by atoms with Gasteiger partial charge in [0.2, 0.25) is 15.2 Å². The number of rotatable bonds is 10. The molecule has 0 unspecified atom stereocenters. The van der Waals surface area contributed by atoms with Gasteiger partial charge >= 0.3 is 5.88 Å². The van der Waals surface area contributed by atoms with Gasteiger partial charge in [0.15, 0.2) is 5.76 Å². The third-order valence-electron chi connectivity index (χ3n) is 6.10. The molecule has 214 valence electrons. The van der Waals surface area contributed by atoms with Gasteiger partial charge in [0.05, 0.1) is 27.4 Å². The van der Waals surface area contributed by atoms with Crippen molar-refractivity contribution < 1.29 is 22.6 Å². The van der Waals surface area contributed by atoms with Crippen LogP contribution in [0.2, 0.25) is 0 Å². The van der Waals surface area contributed by atoms with Crippen molar-refractivity contribution in [2.45, 2.75) is 18.4 Å². The summed E-state index contributed by atoms with van der Waals surface area (Å²) in [6.07, 6.45) is 1.18. The number of sulfonamides is 1. The number of fused-ring (bicyclic) bond motifs is 1. The predicted molar refractivity (Wildman–Crippen MR) is 163 cm³/mol. The van der Waals surface area contributed by atoms with E-state index in [1.165, 1.54) is 58.3 Å². The highest BCUT2D eigenvalue weighted by Gasteiger charge is 2.26. The summed E-state index contributed by atoms with van der Waals surface area (Å²) in [5, 5.41) is 16.5. The van der Waals surface area contributed by atoms with Gasteiger partial charge in [0, 0.05) is 23.1 Å². The molecule has 0 N–H and O–H groups in total. The van der Waals surface area contributed by atoms with Crippen molar-refractivity contribution in [3.05, 3.63) is 116 Å². The van der Waals surface area contributed by atoms with E-state index in [2.05, 4.69) is 26.0 Å². The maximum atomic E-state index is 13.7. The predicted octanol–water partition coefficient (Wildman–Crippen LogP) is 6.45. The Bertz CT molecular complexity index is 1890. The van der Waals surface area contributed by atoms with Crippen LogP contribution in [0.25, 0.3) is 10.2 Å². The quantitative estimate of drug-likeness (QED) is 0.0947. The summed E-state index contributed by atoms with van der Waals surface area (Å²) in [6, 6.07) is 22.9. The van der Waals surface area contributed by atoms with Gasteiger partial charge in [-0.15, -0.1) is 0 Å². The molecule has 0 saturated heterocycles. The number of anilines is 1. The van der Waals surface area contributed by atoms with Crippen molar-refractivity contribution in [1.29, 1.82) is 0 Å². The standard InChI is InChI=1S/C28H22BrN5O6S2/c1-2-32(18-19-6-4-3-5-7-19)42(38,39)23-12-8-20(9-13-23)27(35)33(30-17-22-11-15-26(40-22)34(36)37)28-31-24-14-10-21(29)16-25(24)41-28/h3-17H,2,18H2,1H3/b30-17+. The zero-order valence-corrected chi connectivity index (χ0v) is 25.2. The van der Waals surface area contributed by atoms with Gasteiger partial charge in [-0.25, -0.2) is 13.4 Å². The maximum absolute atomic E-state index is 13.7. The van der Waals surface area contributed by atoms with Crippen molar-refractivity contribution in [2.24, 2.45) is 5.10 Å². The molecule has 0 fully saturated rings. The first-order valence-electron chi connectivity index (χ1n) is 12.5. The lowest BCUT2D eigenvalue weighted by atomic mass is 10.2. The average Bonchev–Trinajstić information content (AvgIpc) is 3.64.